The molecule has 0 aliphatic heterocycles. The van der Waals surface area contributed by atoms with E-state index in [1.54, 1.807) is 6.07 Å². The number of aliphatic hydroxyl groups excluding tert-OH is 1. The Morgan fingerprint density at radius 3 is 3.00 bits per heavy atom. The summed E-state index contributed by atoms with van der Waals surface area (Å²) >= 11 is 0. The van der Waals surface area contributed by atoms with Crippen LogP contribution in [0.15, 0.2) is 22.6 Å². The third-order valence-corrected chi connectivity index (χ3v) is 1.89. The van der Waals surface area contributed by atoms with Crippen molar-refractivity contribution in [2.75, 3.05) is 0 Å². The van der Waals surface area contributed by atoms with Gasteiger partial charge < -0.3 is 15.3 Å². The van der Waals surface area contributed by atoms with Crippen LogP contribution in [-0.2, 0) is 13.2 Å². The van der Waals surface area contributed by atoms with E-state index in [1.807, 2.05) is 12.1 Å². The summed E-state index contributed by atoms with van der Waals surface area (Å²) in [6.45, 7) is 0.243. The van der Waals surface area contributed by atoms with Crippen molar-refractivity contribution in [2.45, 2.75) is 13.2 Å². The maximum atomic E-state index is 9.00. The van der Waals surface area contributed by atoms with Crippen LogP contribution < -0.4 is 5.73 Å². The van der Waals surface area contributed by atoms with Crippen molar-refractivity contribution in [1.82, 2.24) is 4.98 Å². The summed E-state index contributed by atoms with van der Waals surface area (Å²) in [4.78, 5) is 4.15. The van der Waals surface area contributed by atoms with E-state index in [0.717, 1.165) is 5.56 Å². The van der Waals surface area contributed by atoms with E-state index in [-0.39, 0.29) is 13.2 Å². The first kappa shape index (κ1) is 8.22. The summed E-state index contributed by atoms with van der Waals surface area (Å²) < 4.78 is 5.31. The monoisotopic (exact) mass is 178 g/mol. The molecule has 4 heteroatoms. The van der Waals surface area contributed by atoms with Crippen molar-refractivity contribution < 1.29 is 9.52 Å². The lowest BCUT2D eigenvalue weighted by Gasteiger charge is -1.93. The molecule has 0 fully saturated rings. The number of benzene rings is 1. The number of oxazole rings is 1. The molecule has 1 aromatic heterocycles. The average Bonchev–Trinajstić information content (AvgIpc) is 2.59. The standard InChI is InChI=1S/C9H10N2O2/c10-4-8-11-9-6(5-12)2-1-3-7(9)13-8/h1-3,12H,4-5,10H2. The average molecular weight is 178 g/mol. The molecule has 2 aromatic rings. The van der Waals surface area contributed by atoms with Crippen LogP contribution in [0.25, 0.3) is 11.1 Å². The fraction of sp³-hybridized carbons (Fsp3) is 0.222. The Bertz CT molecular complexity index is 422. The normalized spacial score (nSPS) is 10.9. The Labute approximate surface area is 75.0 Å². The number of rotatable bonds is 2. The SMILES string of the molecule is NCc1nc2c(CO)cccc2o1. The lowest BCUT2D eigenvalue weighted by molar-refractivity contribution is 0.283. The molecular formula is C9H10N2O2. The Hall–Kier alpha value is -1.39. The van der Waals surface area contributed by atoms with Crippen molar-refractivity contribution in [1.29, 1.82) is 0 Å². The number of nitrogens with two attached hydrogens (primary N) is 1. The molecule has 0 unspecified atom stereocenters. The number of aliphatic hydroxyl groups is 1. The summed E-state index contributed by atoms with van der Waals surface area (Å²) in [6, 6.07) is 5.44. The molecule has 0 saturated carbocycles. The van der Waals surface area contributed by atoms with Gasteiger partial charge in [-0.3, -0.25) is 0 Å². The summed E-state index contributed by atoms with van der Waals surface area (Å²) in [5.74, 6) is 0.496. The fourth-order valence-corrected chi connectivity index (χ4v) is 1.27. The first-order chi connectivity index (χ1) is 6.35. The number of para-hydroxylation sites is 1. The van der Waals surface area contributed by atoms with Crippen molar-refractivity contribution >= 4 is 11.1 Å². The van der Waals surface area contributed by atoms with Gasteiger partial charge >= 0.3 is 0 Å². The smallest absolute Gasteiger partial charge is 0.209 e. The summed E-state index contributed by atoms with van der Waals surface area (Å²) in [6.07, 6.45) is 0. The second-order valence-corrected chi connectivity index (χ2v) is 2.73. The van der Waals surface area contributed by atoms with E-state index in [9.17, 15) is 0 Å². The van der Waals surface area contributed by atoms with E-state index in [0.29, 0.717) is 17.0 Å². The Balaban J connectivity index is 2.67. The van der Waals surface area contributed by atoms with Crippen LogP contribution in [0, 0.1) is 0 Å². The molecule has 0 atom stereocenters. The minimum atomic E-state index is -0.0338. The third-order valence-electron chi connectivity index (χ3n) is 1.89. The van der Waals surface area contributed by atoms with Gasteiger partial charge in [0.15, 0.2) is 5.58 Å². The molecular weight excluding hydrogens is 168 g/mol. The molecule has 2 rings (SSSR count). The predicted octanol–water partition coefficient (Wildman–Crippen LogP) is 0.779. The summed E-state index contributed by atoms with van der Waals surface area (Å²) in [5.41, 5.74) is 7.52. The van der Waals surface area contributed by atoms with Gasteiger partial charge in [0, 0.05) is 5.56 Å². The zero-order valence-electron chi connectivity index (χ0n) is 7.03. The summed E-state index contributed by atoms with van der Waals surface area (Å²) in [5, 5.41) is 9.00. The first-order valence-electron chi connectivity index (χ1n) is 4.03. The highest BCUT2D eigenvalue weighted by Crippen LogP contribution is 2.19. The Kier molecular flexibility index (Phi) is 2.00. The molecule has 1 heterocycles. The van der Waals surface area contributed by atoms with Crippen LogP contribution in [0.3, 0.4) is 0 Å². The van der Waals surface area contributed by atoms with Crippen LogP contribution in [0.1, 0.15) is 11.5 Å². The van der Waals surface area contributed by atoms with E-state index < -0.39 is 0 Å². The van der Waals surface area contributed by atoms with E-state index >= 15 is 0 Å². The van der Waals surface area contributed by atoms with Crippen LogP contribution in [0.5, 0.6) is 0 Å². The van der Waals surface area contributed by atoms with Gasteiger partial charge in [-0.15, -0.1) is 0 Å². The van der Waals surface area contributed by atoms with Gasteiger partial charge in [0.05, 0.1) is 13.2 Å². The zero-order chi connectivity index (χ0) is 9.26. The number of hydrogen-bond donors (Lipinski definition) is 2. The quantitative estimate of drug-likeness (QED) is 0.712. The molecule has 68 valence electrons. The predicted molar refractivity (Wildman–Crippen MR) is 47.8 cm³/mol. The molecule has 4 nitrogen and oxygen atoms in total. The van der Waals surface area contributed by atoms with Gasteiger partial charge in [-0.1, -0.05) is 12.1 Å². The van der Waals surface area contributed by atoms with Gasteiger partial charge in [-0.05, 0) is 6.07 Å². The van der Waals surface area contributed by atoms with Gasteiger partial charge in [0.2, 0.25) is 5.89 Å². The second-order valence-electron chi connectivity index (χ2n) is 2.73. The van der Waals surface area contributed by atoms with Crippen molar-refractivity contribution in [3.05, 3.63) is 29.7 Å². The lowest BCUT2D eigenvalue weighted by atomic mass is 10.2. The molecule has 13 heavy (non-hydrogen) atoms. The van der Waals surface area contributed by atoms with Crippen molar-refractivity contribution in [3.63, 3.8) is 0 Å². The van der Waals surface area contributed by atoms with Crippen molar-refractivity contribution in [2.24, 2.45) is 5.73 Å². The number of hydrogen-bond acceptors (Lipinski definition) is 4. The van der Waals surface area contributed by atoms with Crippen molar-refractivity contribution in [3.8, 4) is 0 Å². The van der Waals surface area contributed by atoms with E-state index in [4.69, 9.17) is 15.3 Å². The minimum absolute atomic E-state index is 0.0338. The van der Waals surface area contributed by atoms with Gasteiger partial charge in [0.1, 0.15) is 5.52 Å². The van der Waals surface area contributed by atoms with Gasteiger partial charge in [-0.2, -0.15) is 0 Å². The molecule has 0 saturated heterocycles. The lowest BCUT2D eigenvalue weighted by Crippen LogP contribution is -1.95. The van der Waals surface area contributed by atoms with E-state index in [1.165, 1.54) is 0 Å². The van der Waals surface area contributed by atoms with Crippen LogP contribution in [0.2, 0.25) is 0 Å². The van der Waals surface area contributed by atoms with Crippen LogP contribution in [0.4, 0.5) is 0 Å². The highest BCUT2D eigenvalue weighted by molar-refractivity contribution is 5.76. The fourth-order valence-electron chi connectivity index (χ4n) is 1.27. The molecule has 0 spiro atoms. The van der Waals surface area contributed by atoms with Gasteiger partial charge in [0.25, 0.3) is 0 Å². The minimum Gasteiger partial charge on any atom is -0.439 e. The second kappa shape index (κ2) is 3.16. The van der Waals surface area contributed by atoms with Gasteiger partial charge in [-0.25, -0.2) is 4.98 Å². The highest BCUT2D eigenvalue weighted by atomic mass is 16.3. The molecule has 3 N–H and O–H groups in total. The highest BCUT2D eigenvalue weighted by Gasteiger charge is 2.06. The largest absolute Gasteiger partial charge is 0.439 e. The Morgan fingerprint density at radius 1 is 1.46 bits per heavy atom. The maximum Gasteiger partial charge on any atom is 0.209 e. The van der Waals surface area contributed by atoms with E-state index in [2.05, 4.69) is 4.98 Å². The molecule has 0 aliphatic rings. The molecule has 0 aliphatic carbocycles. The Morgan fingerprint density at radius 2 is 2.31 bits per heavy atom. The molecule has 0 radical (unpaired) electrons. The topological polar surface area (TPSA) is 72.3 Å². The number of nitrogens with zero attached hydrogens (tertiary/aromatic N) is 1. The first-order valence-corrected chi connectivity index (χ1v) is 4.03. The number of fused-ring (bicyclic) bond motifs is 1. The molecule has 0 amide bonds. The third kappa shape index (κ3) is 1.30. The maximum absolute atomic E-state index is 9.00. The summed E-state index contributed by atoms with van der Waals surface area (Å²) in [7, 11) is 0. The van der Waals surface area contributed by atoms with Crippen LogP contribution >= 0.6 is 0 Å². The molecule has 1 aromatic carbocycles. The zero-order valence-corrected chi connectivity index (χ0v) is 7.03. The van der Waals surface area contributed by atoms with Crippen LogP contribution in [-0.4, -0.2) is 10.1 Å². The molecule has 0 bridgehead atoms. The number of aromatic nitrogens is 1.